The quantitative estimate of drug-likeness (QED) is 0.431. The van der Waals surface area contributed by atoms with E-state index in [1.54, 1.807) is 12.1 Å². The first kappa shape index (κ1) is 16.9. The number of hydrogen-bond donors (Lipinski definition) is 1. The number of nitrogens with one attached hydrogen (secondary N) is 1. The van der Waals surface area contributed by atoms with Crippen LogP contribution in [0, 0.1) is 0 Å². The summed E-state index contributed by atoms with van der Waals surface area (Å²) in [5.74, 6) is 3.16. The van der Waals surface area contributed by atoms with Crippen molar-refractivity contribution < 1.29 is 19.0 Å². The van der Waals surface area contributed by atoms with E-state index in [4.69, 9.17) is 14.2 Å². The summed E-state index contributed by atoms with van der Waals surface area (Å²) in [7, 11) is 0. The molecule has 5 heteroatoms. The Bertz CT molecular complexity index is 603. The van der Waals surface area contributed by atoms with Crippen molar-refractivity contribution in [3.8, 4) is 5.75 Å². The molecule has 1 atom stereocenters. The second kappa shape index (κ2) is 9.51. The van der Waals surface area contributed by atoms with Crippen LogP contribution in [0.25, 0.3) is 6.08 Å². The number of benzene rings is 1. The molecule has 0 bridgehead atoms. The van der Waals surface area contributed by atoms with Crippen LogP contribution in [0.5, 0.6) is 5.75 Å². The number of fused-ring (bicyclic) bond motifs is 1. The Labute approximate surface area is 136 Å². The Hall–Kier alpha value is -2.49. The van der Waals surface area contributed by atoms with Gasteiger partial charge in [-0.3, -0.25) is 0 Å². The van der Waals surface area contributed by atoms with Crippen LogP contribution in [0.15, 0.2) is 48.4 Å². The summed E-state index contributed by atoms with van der Waals surface area (Å²) in [6.45, 7) is 3.12. The first-order chi connectivity index (χ1) is 11.3. The zero-order chi connectivity index (χ0) is 16.3. The van der Waals surface area contributed by atoms with E-state index in [9.17, 15) is 4.79 Å². The van der Waals surface area contributed by atoms with E-state index in [2.05, 4.69) is 5.32 Å². The van der Waals surface area contributed by atoms with E-state index in [-0.39, 0.29) is 19.4 Å². The Balaban J connectivity index is 1.90. The van der Waals surface area contributed by atoms with Gasteiger partial charge < -0.3 is 19.5 Å². The van der Waals surface area contributed by atoms with Gasteiger partial charge in [-0.25, -0.2) is 4.79 Å². The summed E-state index contributed by atoms with van der Waals surface area (Å²) >= 11 is 0. The second-order valence-electron chi connectivity index (χ2n) is 4.90. The molecule has 0 radical (unpaired) electrons. The number of ether oxygens (including phenoxy) is 3. The molecule has 0 aromatic heterocycles. The first-order valence-corrected chi connectivity index (χ1v) is 7.62. The normalized spacial score (nSPS) is 16.0. The van der Waals surface area contributed by atoms with E-state index in [0.29, 0.717) is 12.4 Å². The lowest BCUT2D eigenvalue weighted by molar-refractivity contribution is 0.111. The predicted molar refractivity (Wildman–Crippen MR) is 88.4 cm³/mol. The molecule has 0 saturated carbocycles. The Morgan fingerprint density at radius 1 is 1.43 bits per heavy atom. The smallest absolute Gasteiger partial charge is 0.189 e. The van der Waals surface area contributed by atoms with Crippen molar-refractivity contribution in [3.05, 3.63) is 53.9 Å². The Morgan fingerprint density at radius 2 is 2.30 bits per heavy atom. The third-order valence-corrected chi connectivity index (χ3v) is 3.05. The van der Waals surface area contributed by atoms with Crippen molar-refractivity contribution in [3.63, 3.8) is 0 Å². The average molecular weight is 315 g/mol. The van der Waals surface area contributed by atoms with Crippen molar-refractivity contribution >= 4 is 12.0 Å². The van der Waals surface area contributed by atoms with Crippen LogP contribution in [0.2, 0.25) is 0 Å². The topological polar surface area (TPSA) is 56.8 Å². The molecule has 1 aromatic carbocycles. The van der Waals surface area contributed by atoms with Crippen LogP contribution < -0.4 is 10.1 Å². The van der Waals surface area contributed by atoms with Gasteiger partial charge in [0.05, 0.1) is 13.2 Å². The lowest BCUT2D eigenvalue weighted by atomic mass is 10.1. The van der Waals surface area contributed by atoms with Crippen LogP contribution in [0.3, 0.4) is 0 Å². The first-order valence-electron chi connectivity index (χ1n) is 7.62. The predicted octanol–water partition coefficient (Wildman–Crippen LogP) is 2.68. The minimum atomic E-state index is -0.264. The van der Waals surface area contributed by atoms with Crippen molar-refractivity contribution in [1.29, 1.82) is 0 Å². The standard InChI is InChI=1S/C18H21NO4/c1-2-11-22-16(14-21-12-5-10-20)13-19-18-9-8-15-6-3-4-7-17(15)23-18/h3-9,13,18-19H,2,11-12,14H2,1H3. The van der Waals surface area contributed by atoms with Crippen LogP contribution in [-0.4, -0.2) is 32.0 Å². The maximum Gasteiger partial charge on any atom is 0.189 e. The minimum Gasteiger partial charge on any atom is -0.494 e. The van der Waals surface area contributed by atoms with E-state index in [0.717, 1.165) is 17.7 Å². The molecule has 23 heavy (non-hydrogen) atoms. The number of rotatable bonds is 9. The summed E-state index contributed by atoms with van der Waals surface area (Å²) < 4.78 is 16.8. The largest absolute Gasteiger partial charge is 0.494 e. The maximum atomic E-state index is 10.1. The average Bonchev–Trinajstić information content (AvgIpc) is 2.60. The molecule has 1 N–H and O–H groups in total. The van der Waals surface area contributed by atoms with E-state index < -0.39 is 0 Å². The van der Waals surface area contributed by atoms with E-state index in [1.165, 1.54) is 6.08 Å². The highest BCUT2D eigenvalue weighted by Gasteiger charge is 2.12. The molecule has 122 valence electrons. The van der Waals surface area contributed by atoms with Gasteiger partial charge in [-0.1, -0.05) is 25.1 Å². The molecule has 1 aliphatic rings. The minimum absolute atomic E-state index is 0.212. The summed E-state index contributed by atoms with van der Waals surface area (Å²) in [6, 6.07) is 7.85. The fraction of sp³-hybridized carbons (Fsp3) is 0.333. The van der Waals surface area contributed by atoms with E-state index >= 15 is 0 Å². The van der Waals surface area contributed by atoms with Gasteiger partial charge in [-0.05, 0) is 24.6 Å². The molecule has 1 unspecified atom stereocenters. The molecule has 0 fully saturated rings. The van der Waals surface area contributed by atoms with Crippen molar-refractivity contribution in [1.82, 2.24) is 5.32 Å². The van der Waals surface area contributed by atoms with Crippen molar-refractivity contribution in [2.45, 2.75) is 19.6 Å². The SMILES string of the molecule is CCCOC(=CNC1C=Cc2ccccc2O1)COCC=C=O. The van der Waals surface area contributed by atoms with Gasteiger partial charge in [0.1, 0.15) is 24.1 Å². The summed E-state index contributed by atoms with van der Waals surface area (Å²) in [6.07, 6.45) is 7.62. The van der Waals surface area contributed by atoms with Gasteiger partial charge in [0.15, 0.2) is 6.23 Å². The summed E-state index contributed by atoms with van der Waals surface area (Å²) in [4.78, 5) is 10.1. The van der Waals surface area contributed by atoms with Gasteiger partial charge in [0, 0.05) is 17.8 Å². The molecule has 0 aliphatic carbocycles. The summed E-state index contributed by atoms with van der Waals surface area (Å²) in [5.41, 5.74) is 1.06. The van der Waals surface area contributed by atoms with Crippen LogP contribution in [0.1, 0.15) is 18.9 Å². The molecule has 1 aromatic rings. The molecular formula is C18H21NO4. The highest BCUT2D eigenvalue weighted by Crippen LogP contribution is 2.24. The molecular weight excluding hydrogens is 294 g/mol. The van der Waals surface area contributed by atoms with E-state index in [1.807, 2.05) is 43.3 Å². The number of para-hydroxylation sites is 1. The summed E-state index contributed by atoms with van der Waals surface area (Å²) in [5, 5.41) is 3.15. The molecule has 2 rings (SSSR count). The highest BCUT2D eigenvalue weighted by atomic mass is 16.5. The zero-order valence-electron chi connectivity index (χ0n) is 13.2. The van der Waals surface area contributed by atoms with Gasteiger partial charge in [-0.2, -0.15) is 0 Å². The second-order valence-corrected chi connectivity index (χ2v) is 4.90. The number of carbonyl (C=O) groups excluding carboxylic acids is 1. The van der Waals surface area contributed by atoms with Gasteiger partial charge in [0.2, 0.25) is 0 Å². The Kier molecular flexibility index (Phi) is 6.98. The molecule has 0 saturated heterocycles. The fourth-order valence-corrected chi connectivity index (χ4v) is 1.97. The Morgan fingerprint density at radius 3 is 3.13 bits per heavy atom. The van der Waals surface area contributed by atoms with Gasteiger partial charge >= 0.3 is 0 Å². The van der Waals surface area contributed by atoms with Crippen LogP contribution in [-0.2, 0) is 14.3 Å². The molecule has 0 spiro atoms. The number of hydrogen-bond acceptors (Lipinski definition) is 5. The third-order valence-electron chi connectivity index (χ3n) is 3.05. The molecule has 1 aliphatic heterocycles. The van der Waals surface area contributed by atoms with Crippen LogP contribution in [0.4, 0.5) is 0 Å². The lowest BCUT2D eigenvalue weighted by Crippen LogP contribution is -2.30. The third kappa shape index (κ3) is 5.66. The molecule has 1 heterocycles. The van der Waals surface area contributed by atoms with Crippen molar-refractivity contribution in [2.75, 3.05) is 19.8 Å². The lowest BCUT2D eigenvalue weighted by Gasteiger charge is -2.22. The van der Waals surface area contributed by atoms with Crippen LogP contribution >= 0.6 is 0 Å². The molecule has 5 nitrogen and oxygen atoms in total. The monoisotopic (exact) mass is 315 g/mol. The molecule has 0 amide bonds. The highest BCUT2D eigenvalue weighted by molar-refractivity contribution is 5.59. The van der Waals surface area contributed by atoms with Gasteiger partial charge in [0.25, 0.3) is 0 Å². The van der Waals surface area contributed by atoms with Crippen molar-refractivity contribution in [2.24, 2.45) is 0 Å². The van der Waals surface area contributed by atoms with Gasteiger partial charge in [-0.15, -0.1) is 0 Å². The zero-order valence-corrected chi connectivity index (χ0v) is 13.2. The fourth-order valence-electron chi connectivity index (χ4n) is 1.97. The maximum absolute atomic E-state index is 10.1.